The molecule has 0 saturated heterocycles. The monoisotopic (exact) mass is 230 g/mol. The van der Waals surface area contributed by atoms with Gasteiger partial charge in [-0.05, 0) is 42.5 Å². The molecule has 0 saturated carbocycles. The first-order valence-electron chi connectivity index (χ1n) is 6.61. The minimum absolute atomic E-state index is 0.296. The van der Waals surface area contributed by atoms with Crippen molar-refractivity contribution in [2.24, 2.45) is 5.92 Å². The number of fused-ring (bicyclic) bond motifs is 1. The summed E-state index contributed by atoms with van der Waals surface area (Å²) in [6.45, 7) is 6.43. The minimum Gasteiger partial charge on any atom is -0.388 e. The van der Waals surface area contributed by atoms with Gasteiger partial charge in [0.15, 0.2) is 0 Å². The first-order chi connectivity index (χ1) is 8.13. The third-order valence-electron chi connectivity index (χ3n) is 3.84. The summed E-state index contributed by atoms with van der Waals surface area (Å²) in [4.78, 5) is 0. The molecule has 1 aromatic rings. The van der Waals surface area contributed by atoms with E-state index in [1.165, 1.54) is 29.5 Å². The molecule has 0 heterocycles. The highest BCUT2D eigenvalue weighted by Gasteiger charge is 2.24. The number of unbranched alkanes of at least 4 members (excludes halogenated alkanes) is 1. The molecule has 1 heteroatoms. The zero-order chi connectivity index (χ0) is 12.4. The number of aliphatic hydroxyl groups excluding tert-OH is 1. The molecule has 17 heavy (non-hydrogen) atoms. The summed E-state index contributed by atoms with van der Waals surface area (Å²) in [6, 6.07) is 4.33. The smallest absolute Gasteiger partial charge is 0.0858 e. The van der Waals surface area contributed by atoms with E-state index in [0.29, 0.717) is 5.92 Å². The van der Waals surface area contributed by atoms with Crippen LogP contribution in [-0.2, 0) is 0 Å². The summed E-state index contributed by atoms with van der Waals surface area (Å²) in [5.41, 5.74) is 4.87. The number of hydrogen-bond acceptors (Lipinski definition) is 1. The van der Waals surface area contributed by atoms with Gasteiger partial charge in [0.2, 0.25) is 0 Å². The topological polar surface area (TPSA) is 20.2 Å². The predicted molar refractivity (Wildman–Crippen MR) is 72.9 cm³/mol. The average molecular weight is 230 g/mol. The fraction of sp³-hybridized carbons (Fsp3) is 0.500. The molecular weight excluding hydrogens is 208 g/mol. The first kappa shape index (κ1) is 12.4. The van der Waals surface area contributed by atoms with Gasteiger partial charge in [0, 0.05) is 5.92 Å². The molecule has 1 aliphatic rings. The molecule has 0 unspecified atom stereocenters. The second-order valence-electron chi connectivity index (χ2n) is 5.18. The van der Waals surface area contributed by atoms with Crippen LogP contribution in [0.2, 0.25) is 0 Å². The van der Waals surface area contributed by atoms with Crippen LogP contribution >= 0.6 is 0 Å². The maximum Gasteiger partial charge on any atom is 0.0858 e. The van der Waals surface area contributed by atoms with Gasteiger partial charge in [-0.15, -0.1) is 0 Å². The van der Waals surface area contributed by atoms with Crippen LogP contribution in [0.5, 0.6) is 0 Å². The highest BCUT2D eigenvalue weighted by atomic mass is 16.3. The van der Waals surface area contributed by atoms with E-state index in [4.69, 9.17) is 0 Å². The van der Waals surface area contributed by atoms with Gasteiger partial charge >= 0.3 is 0 Å². The first-order valence-corrected chi connectivity index (χ1v) is 6.61. The molecule has 1 aliphatic carbocycles. The predicted octanol–water partition coefficient (Wildman–Crippen LogP) is 4.17. The Morgan fingerprint density at radius 2 is 1.88 bits per heavy atom. The normalized spacial score (nSPS) is 22.6. The van der Waals surface area contributed by atoms with E-state index in [1.54, 1.807) is 0 Å². The Kier molecular flexibility index (Phi) is 3.68. The van der Waals surface area contributed by atoms with Crippen LogP contribution in [0.1, 0.15) is 54.5 Å². The second kappa shape index (κ2) is 5.05. The molecule has 0 aromatic heterocycles. The third kappa shape index (κ3) is 2.44. The number of aliphatic hydroxyl groups is 1. The maximum atomic E-state index is 10.4. The lowest BCUT2D eigenvalue weighted by Crippen LogP contribution is -2.15. The molecule has 92 valence electrons. The molecule has 0 spiro atoms. The summed E-state index contributed by atoms with van der Waals surface area (Å²) in [5, 5.41) is 10.4. The fourth-order valence-corrected chi connectivity index (χ4v) is 2.52. The van der Waals surface area contributed by atoms with E-state index in [1.807, 2.05) is 0 Å². The summed E-state index contributed by atoms with van der Waals surface area (Å²) in [6.07, 6.45) is 7.50. The molecule has 0 amide bonds. The van der Waals surface area contributed by atoms with Crippen molar-refractivity contribution < 1.29 is 5.11 Å². The molecule has 1 nitrogen and oxygen atoms in total. The summed E-state index contributed by atoms with van der Waals surface area (Å²) >= 11 is 0. The van der Waals surface area contributed by atoms with Crippen molar-refractivity contribution in [1.82, 2.24) is 0 Å². The van der Waals surface area contributed by atoms with Crippen molar-refractivity contribution in [3.63, 3.8) is 0 Å². The highest BCUT2D eigenvalue weighted by molar-refractivity contribution is 5.60. The molecule has 1 N–H and O–H groups in total. The molecule has 0 bridgehead atoms. The van der Waals surface area contributed by atoms with Gasteiger partial charge in [-0.25, -0.2) is 0 Å². The Bertz CT molecular complexity index is 431. The lowest BCUT2D eigenvalue weighted by molar-refractivity contribution is 0.124. The van der Waals surface area contributed by atoms with Crippen LogP contribution in [0.3, 0.4) is 0 Å². The van der Waals surface area contributed by atoms with Crippen molar-refractivity contribution in [2.75, 3.05) is 0 Å². The van der Waals surface area contributed by atoms with Gasteiger partial charge in [-0.2, -0.15) is 0 Å². The lowest BCUT2D eigenvalue weighted by atomic mass is 9.82. The van der Waals surface area contributed by atoms with Crippen molar-refractivity contribution in [1.29, 1.82) is 0 Å². The van der Waals surface area contributed by atoms with Gasteiger partial charge in [0.1, 0.15) is 0 Å². The standard InChI is InChI=1S/C16H22O/c1-4-5-6-13-7-8-14-9-11(2)12(3)10-15(14)16(13)17/h7-10,13,16-17H,4-6H2,1-3H3/t13-,16-/m0/s1. The highest BCUT2D eigenvalue weighted by Crippen LogP contribution is 2.36. The van der Waals surface area contributed by atoms with E-state index >= 15 is 0 Å². The Hall–Kier alpha value is -1.08. The van der Waals surface area contributed by atoms with Crippen molar-refractivity contribution in [3.05, 3.63) is 40.5 Å². The molecule has 2 rings (SSSR count). The van der Waals surface area contributed by atoms with Gasteiger partial charge in [0.05, 0.1) is 6.10 Å². The van der Waals surface area contributed by atoms with Crippen LogP contribution < -0.4 is 0 Å². The van der Waals surface area contributed by atoms with E-state index in [9.17, 15) is 5.11 Å². The Morgan fingerprint density at radius 3 is 2.59 bits per heavy atom. The van der Waals surface area contributed by atoms with Crippen molar-refractivity contribution >= 4 is 6.08 Å². The Labute approximate surface area is 104 Å². The summed E-state index contributed by atoms with van der Waals surface area (Å²) in [5.74, 6) is 0.296. The fourth-order valence-electron chi connectivity index (χ4n) is 2.52. The molecule has 0 fully saturated rings. The zero-order valence-electron chi connectivity index (χ0n) is 11.0. The second-order valence-corrected chi connectivity index (χ2v) is 5.18. The molecule has 0 aliphatic heterocycles. The Morgan fingerprint density at radius 1 is 1.18 bits per heavy atom. The summed E-state index contributed by atoms with van der Waals surface area (Å²) in [7, 11) is 0. The van der Waals surface area contributed by atoms with Crippen LogP contribution in [0.25, 0.3) is 6.08 Å². The van der Waals surface area contributed by atoms with Crippen LogP contribution in [0.4, 0.5) is 0 Å². The van der Waals surface area contributed by atoms with Crippen molar-refractivity contribution in [3.8, 4) is 0 Å². The largest absolute Gasteiger partial charge is 0.388 e. The van der Waals surface area contributed by atoms with Gasteiger partial charge in [-0.1, -0.05) is 44.1 Å². The number of aryl methyl sites for hydroxylation is 2. The minimum atomic E-state index is -0.319. The molecule has 2 atom stereocenters. The van der Waals surface area contributed by atoms with Crippen LogP contribution in [0, 0.1) is 19.8 Å². The third-order valence-corrected chi connectivity index (χ3v) is 3.84. The lowest BCUT2D eigenvalue weighted by Gasteiger charge is -2.26. The maximum absolute atomic E-state index is 10.4. The van der Waals surface area contributed by atoms with Crippen LogP contribution in [0.15, 0.2) is 18.2 Å². The number of rotatable bonds is 3. The molecule has 0 radical (unpaired) electrons. The Balaban J connectivity index is 2.28. The SMILES string of the molecule is CCCC[C@H]1C=Cc2cc(C)c(C)cc2[C@H]1O. The van der Waals surface area contributed by atoms with E-state index in [0.717, 1.165) is 12.0 Å². The van der Waals surface area contributed by atoms with Gasteiger partial charge in [-0.3, -0.25) is 0 Å². The van der Waals surface area contributed by atoms with E-state index < -0.39 is 0 Å². The molecule has 1 aromatic carbocycles. The summed E-state index contributed by atoms with van der Waals surface area (Å²) < 4.78 is 0. The van der Waals surface area contributed by atoms with Gasteiger partial charge < -0.3 is 5.11 Å². The van der Waals surface area contributed by atoms with Crippen molar-refractivity contribution in [2.45, 2.75) is 46.1 Å². The average Bonchev–Trinajstić information content (AvgIpc) is 2.31. The van der Waals surface area contributed by atoms with E-state index in [-0.39, 0.29) is 6.10 Å². The number of hydrogen-bond donors (Lipinski definition) is 1. The molecular formula is C16H22O. The van der Waals surface area contributed by atoms with Gasteiger partial charge in [0.25, 0.3) is 0 Å². The van der Waals surface area contributed by atoms with E-state index in [2.05, 4.69) is 45.1 Å². The van der Waals surface area contributed by atoms with Crippen LogP contribution in [-0.4, -0.2) is 5.11 Å². The quantitative estimate of drug-likeness (QED) is 0.826. The zero-order valence-corrected chi connectivity index (χ0v) is 11.0. The number of benzene rings is 1.